The molecular formula is C19H19NO2. The molecule has 1 saturated carbocycles. The van der Waals surface area contributed by atoms with Gasteiger partial charge < -0.3 is 5.11 Å². The third kappa shape index (κ3) is 2.80. The van der Waals surface area contributed by atoms with Crippen LogP contribution in [0.15, 0.2) is 65.7 Å². The minimum Gasteiger partial charge on any atom is -0.479 e. The lowest BCUT2D eigenvalue weighted by Crippen LogP contribution is -2.34. The lowest BCUT2D eigenvalue weighted by Gasteiger charge is -2.21. The highest BCUT2D eigenvalue weighted by atomic mass is 16.4. The molecule has 1 aliphatic rings. The topological polar surface area (TPSA) is 49.7 Å². The van der Waals surface area contributed by atoms with Crippen LogP contribution in [-0.2, 0) is 4.79 Å². The van der Waals surface area contributed by atoms with Gasteiger partial charge in [0.15, 0.2) is 5.54 Å². The van der Waals surface area contributed by atoms with Gasteiger partial charge in [0.2, 0.25) is 0 Å². The van der Waals surface area contributed by atoms with Gasteiger partial charge in [-0.1, -0.05) is 73.5 Å². The highest BCUT2D eigenvalue weighted by Crippen LogP contribution is 2.35. The van der Waals surface area contributed by atoms with Gasteiger partial charge in [0.25, 0.3) is 0 Å². The molecule has 2 aromatic carbocycles. The maximum Gasteiger partial charge on any atom is 0.331 e. The van der Waals surface area contributed by atoms with Crippen LogP contribution >= 0.6 is 0 Å². The summed E-state index contributed by atoms with van der Waals surface area (Å²) >= 11 is 0. The van der Waals surface area contributed by atoms with E-state index in [2.05, 4.69) is 0 Å². The molecule has 1 aliphatic carbocycles. The van der Waals surface area contributed by atoms with E-state index >= 15 is 0 Å². The first-order valence-electron chi connectivity index (χ1n) is 7.65. The summed E-state index contributed by atoms with van der Waals surface area (Å²) in [6, 6.07) is 19.7. The zero-order chi connectivity index (χ0) is 15.4. The molecule has 0 bridgehead atoms. The summed E-state index contributed by atoms with van der Waals surface area (Å²) in [6.45, 7) is 0. The van der Waals surface area contributed by atoms with Crippen molar-refractivity contribution in [2.75, 3.05) is 0 Å². The normalized spacial score (nSPS) is 16.2. The molecular weight excluding hydrogens is 274 g/mol. The molecule has 0 unspecified atom stereocenters. The minimum atomic E-state index is -0.971. The van der Waals surface area contributed by atoms with Crippen LogP contribution in [0.1, 0.15) is 36.8 Å². The number of hydrogen-bond donors (Lipinski definition) is 1. The molecule has 0 heterocycles. The summed E-state index contributed by atoms with van der Waals surface area (Å²) < 4.78 is 0. The summed E-state index contributed by atoms with van der Waals surface area (Å²) in [7, 11) is 0. The Morgan fingerprint density at radius 2 is 1.32 bits per heavy atom. The fourth-order valence-electron chi connectivity index (χ4n) is 3.04. The summed E-state index contributed by atoms with van der Waals surface area (Å²) in [5.74, 6) is -0.811. The first kappa shape index (κ1) is 14.5. The predicted octanol–water partition coefficient (Wildman–Crippen LogP) is 3.92. The Kier molecular flexibility index (Phi) is 4.05. The number of carbonyl (C=O) groups is 1. The van der Waals surface area contributed by atoms with Gasteiger partial charge in [-0.3, -0.25) is 4.99 Å². The second-order valence-corrected chi connectivity index (χ2v) is 5.74. The zero-order valence-electron chi connectivity index (χ0n) is 12.4. The van der Waals surface area contributed by atoms with Gasteiger partial charge in [0.05, 0.1) is 5.71 Å². The molecule has 0 saturated heterocycles. The van der Waals surface area contributed by atoms with Gasteiger partial charge >= 0.3 is 5.97 Å². The van der Waals surface area contributed by atoms with Gasteiger partial charge in [-0.25, -0.2) is 4.79 Å². The summed E-state index contributed by atoms with van der Waals surface area (Å²) in [5, 5.41) is 9.70. The van der Waals surface area contributed by atoms with Crippen LogP contribution < -0.4 is 0 Å². The van der Waals surface area contributed by atoms with E-state index in [9.17, 15) is 9.90 Å². The summed E-state index contributed by atoms with van der Waals surface area (Å²) in [5.41, 5.74) is 1.72. The van der Waals surface area contributed by atoms with Crippen LogP contribution in [0.5, 0.6) is 0 Å². The van der Waals surface area contributed by atoms with Crippen molar-refractivity contribution >= 4 is 11.7 Å². The van der Waals surface area contributed by atoms with Crippen LogP contribution in [0.4, 0.5) is 0 Å². The molecule has 2 aromatic rings. The monoisotopic (exact) mass is 293 g/mol. The first-order valence-corrected chi connectivity index (χ1v) is 7.65. The van der Waals surface area contributed by atoms with Crippen LogP contribution in [0.2, 0.25) is 0 Å². The maximum atomic E-state index is 11.8. The van der Waals surface area contributed by atoms with Crippen LogP contribution in [0.3, 0.4) is 0 Å². The maximum absolute atomic E-state index is 11.8. The lowest BCUT2D eigenvalue weighted by atomic mass is 9.95. The number of carboxylic acids is 1. The van der Waals surface area contributed by atoms with E-state index in [0.717, 1.165) is 29.7 Å². The molecule has 3 heteroatoms. The van der Waals surface area contributed by atoms with Gasteiger partial charge in [-0.2, -0.15) is 0 Å². The van der Waals surface area contributed by atoms with E-state index in [1.165, 1.54) is 0 Å². The fraction of sp³-hybridized carbons (Fsp3) is 0.263. The molecule has 0 spiro atoms. The average Bonchev–Trinajstić information content (AvgIpc) is 3.04. The Hall–Kier alpha value is -2.42. The van der Waals surface area contributed by atoms with Crippen molar-refractivity contribution < 1.29 is 9.90 Å². The second-order valence-electron chi connectivity index (χ2n) is 5.74. The van der Waals surface area contributed by atoms with Crippen molar-refractivity contribution in [3.8, 4) is 0 Å². The van der Waals surface area contributed by atoms with E-state index in [4.69, 9.17) is 4.99 Å². The fourth-order valence-corrected chi connectivity index (χ4v) is 3.04. The third-order valence-electron chi connectivity index (χ3n) is 4.25. The predicted molar refractivity (Wildman–Crippen MR) is 87.4 cm³/mol. The molecule has 0 amide bonds. The summed E-state index contributed by atoms with van der Waals surface area (Å²) in [6.07, 6.45) is 3.08. The van der Waals surface area contributed by atoms with Crippen LogP contribution in [0.25, 0.3) is 0 Å². The van der Waals surface area contributed by atoms with Crippen molar-refractivity contribution in [1.29, 1.82) is 0 Å². The molecule has 1 fully saturated rings. The molecule has 0 atom stereocenters. The SMILES string of the molecule is O=C(O)C1(N=C(c2ccccc2)c2ccccc2)CCCC1. The van der Waals surface area contributed by atoms with Crippen molar-refractivity contribution in [3.63, 3.8) is 0 Å². The van der Waals surface area contributed by atoms with E-state index < -0.39 is 11.5 Å². The number of hydrogen-bond acceptors (Lipinski definition) is 2. The van der Waals surface area contributed by atoms with Gasteiger partial charge in [-0.05, 0) is 12.8 Å². The van der Waals surface area contributed by atoms with Crippen molar-refractivity contribution in [3.05, 3.63) is 71.8 Å². The van der Waals surface area contributed by atoms with E-state index in [0.29, 0.717) is 12.8 Å². The number of aliphatic carboxylic acids is 1. The Morgan fingerprint density at radius 3 is 1.73 bits per heavy atom. The molecule has 3 rings (SSSR count). The lowest BCUT2D eigenvalue weighted by molar-refractivity contribution is -0.142. The van der Waals surface area contributed by atoms with E-state index in [-0.39, 0.29) is 0 Å². The van der Waals surface area contributed by atoms with Crippen LogP contribution in [-0.4, -0.2) is 22.3 Å². The average molecular weight is 293 g/mol. The Balaban J connectivity index is 2.13. The molecule has 0 radical (unpaired) electrons. The molecule has 3 nitrogen and oxygen atoms in total. The highest BCUT2D eigenvalue weighted by Gasteiger charge is 2.41. The quantitative estimate of drug-likeness (QED) is 0.869. The van der Waals surface area contributed by atoms with E-state index in [1.807, 2.05) is 60.7 Å². The van der Waals surface area contributed by atoms with E-state index in [1.54, 1.807) is 0 Å². The van der Waals surface area contributed by atoms with Gasteiger partial charge in [0, 0.05) is 11.1 Å². The number of carboxylic acid groups (broad SMARTS) is 1. The second kappa shape index (κ2) is 6.14. The van der Waals surface area contributed by atoms with Crippen molar-refractivity contribution in [2.45, 2.75) is 31.2 Å². The number of benzene rings is 2. The molecule has 112 valence electrons. The van der Waals surface area contributed by atoms with Gasteiger partial charge in [0.1, 0.15) is 0 Å². The Labute approximate surface area is 130 Å². The van der Waals surface area contributed by atoms with Gasteiger partial charge in [-0.15, -0.1) is 0 Å². The highest BCUT2D eigenvalue weighted by molar-refractivity contribution is 6.13. The van der Waals surface area contributed by atoms with Crippen molar-refractivity contribution in [1.82, 2.24) is 0 Å². The number of rotatable bonds is 4. The number of aliphatic imine (C=N–C) groups is 1. The molecule has 22 heavy (non-hydrogen) atoms. The number of nitrogens with zero attached hydrogens (tertiary/aromatic N) is 1. The summed E-state index contributed by atoms with van der Waals surface area (Å²) in [4.78, 5) is 16.6. The molecule has 0 aliphatic heterocycles. The molecule has 0 aromatic heterocycles. The smallest absolute Gasteiger partial charge is 0.331 e. The Bertz CT molecular complexity index is 630. The zero-order valence-corrected chi connectivity index (χ0v) is 12.4. The minimum absolute atomic E-state index is 0.617. The van der Waals surface area contributed by atoms with Crippen molar-refractivity contribution in [2.24, 2.45) is 4.99 Å². The Morgan fingerprint density at radius 1 is 0.864 bits per heavy atom. The standard InChI is InChI=1S/C19H19NO2/c21-18(22)19(13-7-8-14-19)20-17(15-9-3-1-4-10-15)16-11-5-2-6-12-16/h1-6,9-12H,7-8,13-14H2,(H,21,22). The largest absolute Gasteiger partial charge is 0.479 e. The first-order chi connectivity index (χ1) is 10.7. The molecule has 1 N–H and O–H groups in total. The van der Waals surface area contributed by atoms with Crippen LogP contribution in [0, 0.1) is 0 Å². The third-order valence-corrected chi connectivity index (χ3v) is 4.25.